The van der Waals surface area contributed by atoms with Crippen molar-refractivity contribution in [1.82, 2.24) is 9.97 Å². The molecule has 0 spiro atoms. The lowest BCUT2D eigenvalue weighted by Crippen LogP contribution is -2.00. The van der Waals surface area contributed by atoms with E-state index in [2.05, 4.69) is 9.97 Å². The molecule has 0 saturated carbocycles. The summed E-state index contributed by atoms with van der Waals surface area (Å²) in [6, 6.07) is 16.0. The number of thiazole rings is 2. The molecular weight excluding hydrogens is 440 g/mol. The van der Waals surface area contributed by atoms with Crippen molar-refractivity contribution in [2.75, 3.05) is 24.7 Å². The van der Waals surface area contributed by atoms with E-state index in [1.165, 1.54) is 22.7 Å². The predicted octanol–water partition coefficient (Wildman–Crippen LogP) is 6.12. The van der Waals surface area contributed by atoms with Crippen LogP contribution in [0.15, 0.2) is 59.3 Å². The highest BCUT2D eigenvalue weighted by Gasteiger charge is 2.05. The molecule has 0 aliphatic heterocycles. The number of benzene rings is 2. The van der Waals surface area contributed by atoms with Crippen LogP contribution in [0.5, 0.6) is 11.5 Å². The van der Waals surface area contributed by atoms with Gasteiger partial charge in [-0.1, -0.05) is 24.3 Å². The van der Waals surface area contributed by atoms with Gasteiger partial charge >= 0.3 is 0 Å². The summed E-state index contributed by atoms with van der Waals surface area (Å²) in [5, 5.41) is 5.07. The molecule has 0 fully saturated rings. The Morgan fingerprint density at radius 2 is 1.12 bits per heavy atom. The molecule has 2 heterocycles. The smallest absolute Gasteiger partial charge is 0.180 e. The Bertz CT molecular complexity index is 1050. The normalized spacial score (nSPS) is 10.9. The molecule has 0 saturated heterocycles. The Kier molecular flexibility index (Phi) is 7.58. The highest BCUT2D eigenvalue weighted by Crippen LogP contribution is 2.27. The molecule has 0 atom stereocenters. The zero-order chi connectivity index (χ0) is 22.2. The minimum absolute atomic E-state index is 0.577. The average Bonchev–Trinajstić information content (AvgIpc) is 3.44. The molecule has 0 aliphatic rings. The first kappa shape index (κ1) is 22.1. The summed E-state index contributed by atoms with van der Waals surface area (Å²) in [4.78, 5) is 8.65. The Morgan fingerprint density at radius 3 is 1.53 bits per heavy atom. The molecule has 2 aromatic heterocycles. The van der Waals surface area contributed by atoms with Crippen LogP contribution in [0, 0.1) is 0 Å². The van der Waals surface area contributed by atoms with Crippen LogP contribution in [0.1, 0.15) is 25.7 Å². The summed E-state index contributed by atoms with van der Waals surface area (Å²) in [5.41, 5.74) is 15.3. The summed E-state index contributed by atoms with van der Waals surface area (Å²) in [6.45, 7) is 1.39. The molecule has 166 valence electrons. The maximum absolute atomic E-state index is 5.91. The minimum Gasteiger partial charge on any atom is -0.494 e. The van der Waals surface area contributed by atoms with Crippen molar-refractivity contribution >= 4 is 32.9 Å². The van der Waals surface area contributed by atoms with Gasteiger partial charge in [0, 0.05) is 21.9 Å². The third-order valence-electron chi connectivity index (χ3n) is 4.88. The van der Waals surface area contributed by atoms with E-state index in [0.29, 0.717) is 23.5 Å². The van der Waals surface area contributed by atoms with Crippen LogP contribution in [0.4, 0.5) is 10.3 Å². The lowest BCUT2D eigenvalue weighted by Gasteiger charge is -2.09. The van der Waals surface area contributed by atoms with Crippen molar-refractivity contribution in [3.8, 4) is 34.0 Å². The van der Waals surface area contributed by atoms with Crippen LogP contribution in [0.25, 0.3) is 22.5 Å². The maximum Gasteiger partial charge on any atom is 0.180 e. The molecule has 6 nitrogen and oxygen atoms in total. The second-order valence-electron chi connectivity index (χ2n) is 7.31. The van der Waals surface area contributed by atoms with Gasteiger partial charge in [0.2, 0.25) is 0 Å². The summed E-state index contributed by atoms with van der Waals surface area (Å²) in [7, 11) is 0. The second-order valence-corrected chi connectivity index (χ2v) is 9.09. The van der Waals surface area contributed by atoms with E-state index in [1.54, 1.807) is 0 Å². The Hall–Kier alpha value is -3.10. The molecule has 0 unspecified atom stereocenters. The fourth-order valence-corrected chi connectivity index (χ4v) is 4.41. The van der Waals surface area contributed by atoms with Crippen LogP contribution in [0.2, 0.25) is 0 Å². The lowest BCUT2D eigenvalue weighted by atomic mass is 10.1. The Morgan fingerprint density at radius 1 is 0.656 bits per heavy atom. The van der Waals surface area contributed by atoms with Gasteiger partial charge in [-0.05, 0) is 49.9 Å². The molecule has 0 bridgehead atoms. The van der Waals surface area contributed by atoms with Gasteiger partial charge in [0.25, 0.3) is 0 Å². The SMILES string of the molecule is Nc1nc(-c2cccc(OCCCCCCOc3cccc(-c4csc(N)n4)c3)c2)cs1. The summed E-state index contributed by atoms with van der Waals surface area (Å²) in [5.74, 6) is 1.72. The van der Waals surface area contributed by atoms with Gasteiger partial charge in [-0.15, -0.1) is 22.7 Å². The molecule has 4 N–H and O–H groups in total. The summed E-state index contributed by atoms with van der Waals surface area (Å²) < 4.78 is 11.8. The number of nitrogens with two attached hydrogens (primary N) is 2. The molecule has 2 aromatic carbocycles. The topological polar surface area (TPSA) is 96.3 Å². The first-order chi connectivity index (χ1) is 15.7. The standard InChI is InChI=1S/C24H26N4O2S2/c25-23-27-21(15-31-23)17-7-5-9-19(13-17)29-11-3-1-2-4-12-30-20-10-6-8-18(14-20)22-16-32-24(26)28-22/h5-10,13-16H,1-4,11-12H2,(H2,25,27)(H2,26,28). The van der Waals surface area contributed by atoms with Crippen molar-refractivity contribution in [2.24, 2.45) is 0 Å². The van der Waals surface area contributed by atoms with E-state index >= 15 is 0 Å². The monoisotopic (exact) mass is 466 g/mol. The number of aromatic nitrogens is 2. The molecule has 0 amide bonds. The fraction of sp³-hybridized carbons (Fsp3) is 0.250. The molecule has 0 aliphatic carbocycles. The van der Waals surface area contributed by atoms with Crippen molar-refractivity contribution < 1.29 is 9.47 Å². The van der Waals surface area contributed by atoms with Crippen LogP contribution >= 0.6 is 22.7 Å². The molecular formula is C24H26N4O2S2. The van der Waals surface area contributed by atoms with E-state index in [1.807, 2.05) is 59.3 Å². The highest BCUT2D eigenvalue weighted by atomic mass is 32.1. The van der Waals surface area contributed by atoms with E-state index < -0.39 is 0 Å². The molecule has 8 heteroatoms. The fourth-order valence-electron chi connectivity index (χ4n) is 3.27. The summed E-state index contributed by atoms with van der Waals surface area (Å²) >= 11 is 2.89. The zero-order valence-electron chi connectivity index (χ0n) is 17.7. The summed E-state index contributed by atoms with van der Waals surface area (Å²) in [6.07, 6.45) is 4.22. The number of rotatable bonds is 11. The van der Waals surface area contributed by atoms with E-state index in [9.17, 15) is 0 Å². The van der Waals surface area contributed by atoms with Crippen LogP contribution in [-0.4, -0.2) is 23.2 Å². The predicted molar refractivity (Wildman–Crippen MR) is 133 cm³/mol. The van der Waals surface area contributed by atoms with E-state index in [-0.39, 0.29) is 0 Å². The van der Waals surface area contributed by atoms with Crippen LogP contribution in [-0.2, 0) is 0 Å². The lowest BCUT2D eigenvalue weighted by molar-refractivity contribution is 0.287. The van der Waals surface area contributed by atoms with Gasteiger partial charge in [-0.25, -0.2) is 9.97 Å². The van der Waals surface area contributed by atoms with Gasteiger partial charge in [-0.3, -0.25) is 0 Å². The molecule has 32 heavy (non-hydrogen) atoms. The zero-order valence-corrected chi connectivity index (χ0v) is 19.3. The van der Waals surface area contributed by atoms with Crippen LogP contribution in [0.3, 0.4) is 0 Å². The van der Waals surface area contributed by atoms with E-state index in [4.69, 9.17) is 20.9 Å². The number of hydrogen-bond donors (Lipinski definition) is 2. The largest absolute Gasteiger partial charge is 0.494 e. The van der Waals surface area contributed by atoms with Gasteiger partial charge in [0.05, 0.1) is 24.6 Å². The number of nitrogen functional groups attached to an aromatic ring is 2. The first-order valence-corrected chi connectivity index (χ1v) is 12.3. The molecule has 4 aromatic rings. The first-order valence-electron chi connectivity index (χ1n) is 10.6. The maximum atomic E-state index is 5.91. The van der Waals surface area contributed by atoms with Gasteiger partial charge in [0.1, 0.15) is 11.5 Å². The average molecular weight is 467 g/mol. The van der Waals surface area contributed by atoms with Gasteiger partial charge < -0.3 is 20.9 Å². The van der Waals surface area contributed by atoms with Crippen molar-refractivity contribution in [3.05, 3.63) is 59.3 Å². The minimum atomic E-state index is 0.577. The second kappa shape index (κ2) is 11.0. The highest BCUT2D eigenvalue weighted by molar-refractivity contribution is 7.14. The molecule has 0 radical (unpaired) electrons. The third kappa shape index (κ3) is 6.21. The van der Waals surface area contributed by atoms with Crippen LogP contribution < -0.4 is 20.9 Å². The third-order valence-corrected chi connectivity index (χ3v) is 6.23. The van der Waals surface area contributed by atoms with Crippen molar-refractivity contribution in [3.63, 3.8) is 0 Å². The van der Waals surface area contributed by atoms with Gasteiger partial charge in [-0.2, -0.15) is 0 Å². The number of anilines is 2. The number of nitrogens with zero attached hydrogens (tertiary/aromatic N) is 2. The van der Waals surface area contributed by atoms with E-state index in [0.717, 1.165) is 59.7 Å². The number of ether oxygens (including phenoxy) is 2. The number of hydrogen-bond acceptors (Lipinski definition) is 8. The van der Waals surface area contributed by atoms with Gasteiger partial charge in [0.15, 0.2) is 10.3 Å². The quantitative estimate of drug-likeness (QED) is 0.259. The Labute approximate surface area is 195 Å². The van der Waals surface area contributed by atoms with Crippen molar-refractivity contribution in [2.45, 2.75) is 25.7 Å². The molecule has 4 rings (SSSR count). The van der Waals surface area contributed by atoms with Crippen molar-refractivity contribution in [1.29, 1.82) is 0 Å². The number of unbranched alkanes of at least 4 members (excludes halogenated alkanes) is 3. The Balaban J connectivity index is 1.12.